The van der Waals surface area contributed by atoms with E-state index in [-0.39, 0.29) is 11.9 Å². The summed E-state index contributed by atoms with van der Waals surface area (Å²) < 4.78 is 2.06. The number of aromatic nitrogens is 3. The van der Waals surface area contributed by atoms with E-state index < -0.39 is 0 Å². The van der Waals surface area contributed by atoms with Crippen LogP contribution in [0.5, 0.6) is 0 Å². The fraction of sp³-hybridized carbons (Fsp3) is 0.286. The van der Waals surface area contributed by atoms with Gasteiger partial charge in [-0.2, -0.15) is 0 Å². The van der Waals surface area contributed by atoms with E-state index in [9.17, 15) is 4.79 Å². The second-order valence-corrected chi connectivity index (χ2v) is 7.36. The first-order valence-corrected chi connectivity index (χ1v) is 10.0. The van der Waals surface area contributed by atoms with E-state index in [1.807, 2.05) is 25.1 Å². The van der Waals surface area contributed by atoms with Crippen LogP contribution in [0.1, 0.15) is 47.2 Å². The van der Waals surface area contributed by atoms with Crippen molar-refractivity contribution in [3.63, 3.8) is 0 Å². The molecule has 3 aromatic rings. The number of carbonyl (C=O) groups is 1. The summed E-state index contributed by atoms with van der Waals surface area (Å²) in [5.41, 5.74) is 3.15. The molecular formula is C21H24N4OS. The quantitative estimate of drug-likeness (QED) is 0.618. The van der Waals surface area contributed by atoms with E-state index in [4.69, 9.17) is 0 Å². The van der Waals surface area contributed by atoms with Crippen molar-refractivity contribution < 1.29 is 4.79 Å². The molecule has 1 atom stereocenters. The Balaban J connectivity index is 1.69. The highest BCUT2D eigenvalue weighted by Gasteiger charge is 2.19. The summed E-state index contributed by atoms with van der Waals surface area (Å²) in [4.78, 5) is 12.4. The first-order chi connectivity index (χ1) is 13.1. The van der Waals surface area contributed by atoms with Gasteiger partial charge in [-0.3, -0.25) is 4.79 Å². The van der Waals surface area contributed by atoms with Crippen molar-refractivity contribution in [2.75, 3.05) is 0 Å². The number of thioether (sulfide) groups is 1. The van der Waals surface area contributed by atoms with Gasteiger partial charge in [0.2, 0.25) is 0 Å². The van der Waals surface area contributed by atoms with E-state index in [0.717, 1.165) is 23.3 Å². The van der Waals surface area contributed by atoms with Crippen molar-refractivity contribution in [3.05, 3.63) is 77.1 Å². The molecule has 0 fully saturated rings. The summed E-state index contributed by atoms with van der Waals surface area (Å²) in [6, 6.07) is 17.5. The lowest BCUT2D eigenvalue weighted by atomic mass is 10.2. The van der Waals surface area contributed by atoms with Crippen LogP contribution in [0.3, 0.4) is 0 Å². The number of nitrogens with zero attached hydrogens (tertiary/aromatic N) is 3. The first-order valence-electron chi connectivity index (χ1n) is 9.05. The van der Waals surface area contributed by atoms with Gasteiger partial charge in [0.05, 0.1) is 6.04 Å². The zero-order valence-corrected chi connectivity index (χ0v) is 16.7. The molecule has 0 bridgehead atoms. The average molecular weight is 381 g/mol. The minimum absolute atomic E-state index is 0.109. The van der Waals surface area contributed by atoms with Gasteiger partial charge in [-0.15, -0.1) is 10.2 Å². The smallest absolute Gasteiger partial charge is 0.251 e. The Kier molecular flexibility index (Phi) is 6.29. The SMILES string of the molecule is CCn1c(SCc2ccc(C)cc2)nnc1[C@H](C)NC(=O)c1ccccc1. The maximum Gasteiger partial charge on any atom is 0.251 e. The molecular weight excluding hydrogens is 356 g/mol. The molecule has 0 aliphatic rings. The molecule has 0 saturated carbocycles. The van der Waals surface area contributed by atoms with Gasteiger partial charge in [0, 0.05) is 17.9 Å². The van der Waals surface area contributed by atoms with Gasteiger partial charge in [0.25, 0.3) is 5.91 Å². The molecule has 27 heavy (non-hydrogen) atoms. The van der Waals surface area contributed by atoms with Gasteiger partial charge in [0.15, 0.2) is 11.0 Å². The van der Waals surface area contributed by atoms with Crippen molar-refractivity contribution in [1.29, 1.82) is 0 Å². The van der Waals surface area contributed by atoms with Crippen molar-refractivity contribution in [2.24, 2.45) is 0 Å². The molecule has 0 aliphatic heterocycles. The molecule has 1 N–H and O–H groups in total. The second-order valence-electron chi connectivity index (χ2n) is 6.42. The summed E-state index contributed by atoms with van der Waals surface area (Å²) in [5, 5.41) is 12.6. The normalized spacial score (nSPS) is 12.0. The maximum absolute atomic E-state index is 12.4. The Morgan fingerprint density at radius 1 is 1.11 bits per heavy atom. The van der Waals surface area contributed by atoms with E-state index in [0.29, 0.717) is 5.56 Å². The molecule has 3 rings (SSSR count). The number of rotatable bonds is 7. The third-order valence-electron chi connectivity index (χ3n) is 4.32. The molecule has 5 nitrogen and oxygen atoms in total. The van der Waals surface area contributed by atoms with Crippen LogP contribution in [0.4, 0.5) is 0 Å². The highest BCUT2D eigenvalue weighted by molar-refractivity contribution is 7.98. The topological polar surface area (TPSA) is 59.8 Å². The third-order valence-corrected chi connectivity index (χ3v) is 5.36. The maximum atomic E-state index is 12.4. The molecule has 0 spiro atoms. The Hall–Kier alpha value is -2.60. The molecule has 0 aliphatic carbocycles. The highest BCUT2D eigenvalue weighted by Crippen LogP contribution is 2.24. The first kappa shape index (κ1) is 19.2. The average Bonchev–Trinajstić information content (AvgIpc) is 3.11. The number of hydrogen-bond acceptors (Lipinski definition) is 4. The molecule has 0 unspecified atom stereocenters. The van der Waals surface area contributed by atoms with Crippen LogP contribution >= 0.6 is 11.8 Å². The number of benzene rings is 2. The lowest BCUT2D eigenvalue weighted by Gasteiger charge is -2.15. The van der Waals surface area contributed by atoms with Gasteiger partial charge in [-0.05, 0) is 38.5 Å². The van der Waals surface area contributed by atoms with Crippen LogP contribution < -0.4 is 5.32 Å². The Bertz CT molecular complexity index is 890. The molecule has 1 amide bonds. The van der Waals surface area contributed by atoms with Crippen LogP contribution in [-0.4, -0.2) is 20.7 Å². The van der Waals surface area contributed by atoms with Crippen molar-refractivity contribution in [1.82, 2.24) is 20.1 Å². The lowest BCUT2D eigenvalue weighted by Crippen LogP contribution is -2.28. The van der Waals surface area contributed by atoms with Gasteiger partial charge in [-0.25, -0.2) is 0 Å². The predicted molar refractivity (Wildman–Crippen MR) is 109 cm³/mol. The summed E-state index contributed by atoms with van der Waals surface area (Å²) in [5.74, 6) is 1.50. The number of amides is 1. The predicted octanol–water partition coefficient (Wildman–Crippen LogP) is 4.39. The Morgan fingerprint density at radius 2 is 1.81 bits per heavy atom. The number of hydrogen-bond donors (Lipinski definition) is 1. The van der Waals surface area contributed by atoms with E-state index in [1.54, 1.807) is 23.9 Å². The van der Waals surface area contributed by atoms with Gasteiger partial charge < -0.3 is 9.88 Å². The highest BCUT2D eigenvalue weighted by atomic mass is 32.2. The Morgan fingerprint density at radius 3 is 2.48 bits per heavy atom. The van der Waals surface area contributed by atoms with Crippen LogP contribution in [0, 0.1) is 6.92 Å². The molecule has 1 heterocycles. The second kappa shape index (κ2) is 8.86. The van der Waals surface area contributed by atoms with Gasteiger partial charge >= 0.3 is 0 Å². The monoisotopic (exact) mass is 380 g/mol. The third kappa shape index (κ3) is 4.77. The summed E-state index contributed by atoms with van der Waals surface area (Å²) >= 11 is 1.66. The molecule has 2 aromatic carbocycles. The van der Waals surface area contributed by atoms with E-state index in [1.165, 1.54) is 11.1 Å². The molecule has 1 aromatic heterocycles. The fourth-order valence-corrected chi connectivity index (χ4v) is 3.76. The summed E-state index contributed by atoms with van der Waals surface area (Å²) in [6.07, 6.45) is 0. The Labute approximate surface area is 164 Å². The summed E-state index contributed by atoms with van der Waals surface area (Å²) in [7, 11) is 0. The lowest BCUT2D eigenvalue weighted by molar-refractivity contribution is 0.0937. The van der Waals surface area contributed by atoms with Gasteiger partial charge in [-0.1, -0.05) is 59.8 Å². The number of aryl methyl sites for hydroxylation is 1. The van der Waals surface area contributed by atoms with E-state index in [2.05, 4.69) is 58.2 Å². The van der Waals surface area contributed by atoms with Crippen LogP contribution in [0.2, 0.25) is 0 Å². The minimum Gasteiger partial charge on any atom is -0.342 e. The zero-order valence-electron chi connectivity index (χ0n) is 15.8. The number of carbonyl (C=O) groups excluding carboxylic acids is 1. The van der Waals surface area contributed by atoms with Crippen LogP contribution in [0.25, 0.3) is 0 Å². The fourth-order valence-electron chi connectivity index (χ4n) is 2.79. The molecule has 0 radical (unpaired) electrons. The largest absolute Gasteiger partial charge is 0.342 e. The summed E-state index contributed by atoms with van der Waals surface area (Å²) in [6.45, 7) is 6.84. The van der Waals surface area contributed by atoms with Crippen molar-refractivity contribution in [3.8, 4) is 0 Å². The zero-order chi connectivity index (χ0) is 19.2. The minimum atomic E-state index is -0.223. The number of nitrogens with one attached hydrogen (secondary N) is 1. The molecule has 0 saturated heterocycles. The molecule has 6 heteroatoms. The van der Waals surface area contributed by atoms with E-state index >= 15 is 0 Å². The van der Waals surface area contributed by atoms with Gasteiger partial charge in [0.1, 0.15) is 0 Å². The van der Waals surface area contributed by atoms with Crippen molar-refractivity contribution in [2.45, 2.75) is 44.3 Å². The van der Waals surface area contributed by atoms with Crippen LogP contribution in [0.15, 0.2) is 59.8 Å². The van der Waals surface area contributed by atoms with Crippen LogP contribution in [-0.2, 0) is 12.3 Å². The molecule has 140 valence electrons. The standard InChI is InChI=1S/C21H24N4OS/c1-4-25-19(16(3)22-20(26)18-8-6-5-7-9-18)23-24-21(25)27-14-17-12-10-15(2)11-13-17/h5-13,16H,4,14H2,1-3H3,(H,22,26)/t16-/m0/s1. The van der Waals surface area contributed by atoms with Crippen molar-refractivity contribution >= 4 is 17.7 Å².